The smallest absolute Gasteiger partial charge is 0.235 e. The molecule has 6 aromatic carbocycles. The molecule has 0 N–H and O–H groups in total. The molecule has 0 spiro atoms. The van der Waals surface area contributed by atoms with Gasteiger partial charge in [0.1, 0.15) is 0 Å². The Bertz CT molecular complexity index is 2380. The number of hydrogen-bond donors (Lipinski definition) is 0. The van der Waals surface area contributed by atoms with Crippen LogP contribution in [-0.4, -0.2) is 14.5 Å². The van der Waals surface area contributed by atoms with Crippen molar-refractivity contribution < 1.29 is 0 Å². The highest BCUT2D eigenvalue weighted by atomic mass is 15.2. The molecule has 0 fully saturated rings. The average molecular weight is 590 g/mol. The molecule has 3 nitrogen and oxygen atoms in total. The lowest BCUT2D eigenvalue weighted by Gasteiger charge is -2.22. The lowest BCUT2D eigenvalue weighted by atomic mass is 9.81. The van der Waals surface area contributed by atoms with E-state index in [0.717, 1.165) is 33.5 Å². The van der Waals surface area contributed by atoms with Crippen molar-refractivity contribution in [1.29, 1.82) is 0 Å². The molecule has 0 saturated heterocycles. The van der Waals surface area contributed by atoms with Crippen molar-refractivity contribution in [2.24, 2.45) is 0 Å². The summed E-state index contributed by atoms with van der Waals surface area (Å²) in [6.45, 7) is 4.68. The standard InChI is InChI=1S/C43H31N3/c1-43(2)36-19-11-9-17-32(36)33-23-21-31(26-37(33)43)30-22-24-41-35(25-30)34-18-10-12-20-40(34)46(41)42-44-38(28-13-5-3-6-14-28)27-39(45-42)29-15-7-4-8-16-29/h3-27H,1-2H3. The summed E-state index contributed by atoms with van der Waals surface area (Å²) in [5.41, 5.74) is 13.9. The first-order valence-corrected chi connectivity index (χ1v) is 15.8. The zero-order valence-corrected chi connectivity index (χ0v) is 25.8. The minimum Gasteiger partial charge on any atom is -0.278 e. The molecule has 2 heterocycles. The Morgan fingerprint density at radius 2 is 1.00 bits per heavy atom. The minimum atomic E-state index is -0.0420. The highest BCUT2D eigenvalue weighted by Gasteiger charge is 2.35. The van der Waals surface area contributed by atoms with Crippen LogP contribution in [0.1, 0.15) is 25.0 Å². The second kappa shape index (κ2) is 10.1. The van der Waals surface area contributed by atoms with Crippen LogP contribution in [0.2, 0.25) is 0 Å². The zero-order chi connectivity index (χ0) is 30.8. The average Bonchev–Trinajstić information content (AvgIpc) is 3.57. The maximum atomic E-state index is 5.18. The molecule has 3 heteroatoms. The highest BCUT2D eigenvalue weighted by molar-refractivity contribution is 6.10. The molecule has 0 radical (unpaired) electrons. The Labute approximate surface area is 268 Å². The Morgan fingerprint density at radius 1 is 0.435 bits per heavy atom. The van der Waals surface area contributed by atoms with Crippen LogP contribution in [0.5, 0.6) is 0 Å². The van der Waals surface area contributed by atoms with Gasteiger partial charge in [-0.2, -0.15) is 0 Å². The second-order valence-corrected chi connectivity index (χ2v) is 12.7. The van der Waals surface area contributed by atoms with E-state index in [9.17, 15) is 0 Å². The van der Waals surface area contributed by atoms with Gasteiger partial charge in [-0.05, 0) is 63.7 Å². The number of fused-ring (bicyclic) bond motifs is 6. The monoisotopic (exact) mass is 589 g/mol. The van der Waals surface area contributed by atoms with Crippen molar-refractivity contribution >= 4 is 21.8 Å². The summed E-state index contributed by atoms with van der Waals surface area (Å²) in [6.07, 6.45) is 0. The van der Waals surface area contributed by atoms with E-state index in [1.54, 1.807) is 0 Å². The van der Waals surface area contributed by atoms with Crippen LogP contribution in [0.3, 0.4) is 0 Å². The molecule has 46 heavy (non-hydrogen) atoms. The molecule has 0 amide bonds. The summed E-state index contributed by atoms with van der Waals surface area (Å²) in [5, 5.41) is 2.37. The van der Waals surface area contributed by atoms with Crippen molar-refractivity contribution in [3.63, 3.8) is 0 Å². The van der Waals surface area contributed by atoms with E-state index in [0.29, 0.717) is 5.95 Å². The third-order valence-corrected chi connectivity index (χ3v) is 9.64. The summed E-state index contributed by atoms with van der Waals surface area (Å²) >= 11 is 0. The largest absolute Gasteiger partial charge is 0.278 e. The summed E-state index contributed by atoms with van der Waals surface area (Å²) in [4.78, 5) is 10.4. The van der Waals surface area contributed by atoms with Crippen molar-refractivity contribution in [2.75, 3.05) is 0 Å². The van der Waals surface area contributed by atoms with E-state index in [4.69, 9.17) is 9.97 Å². The first kappa shape index (κ1) is 26.6. The Morgan fingerprint density at radius 3 is 1.74 bits per heavy atom. The van der Waals surface area contributed by atoms with Crippen LogP contribution in [0.15, 0.2) is 152 Å². The van der Waals surface area contributed by atoms with E-state index >= 15 is 0 Å². The molecule has 0 bridgehead atoms. The van der Waals surface area contributed by atoms with Gasteiger partial charge in [-0.3, -0.25) is 4.57 Å². The summed E-state index contributed by atoms with van der Waals surface area (Å²) < 4.78 is 2.22. The minimum absolute atomic E-state index is 0.0420. The van der Waals surface area contributed by atoms with Gasteiger partial charge in [-0.1, -0.05) is 135 Å². The predicted octanol–water partition coefficient (Wildman–Crippen LogP) is 10.9. The molecule has 1 aliphatic rings. The number of hydrogen-bond acceptors (Lipinski definition) is 2. The van der Waals surface area contributed by atoms with Crippen LogP contribution in [0.4, 0.5) is 0 Å². The van der Waals surface area contributed by atoms with Gasteiger partial charge in [0.05, 0.1) is 22.4 Å². The topological polar surface area (TPSA) is 30.7 Å². The van der Waals surface area contributed by atoms with Gasteiger partial charge in [-0.15, -0.1) is 0 Å². The van der Waals surface area contributed by atoms with Crippen molar-refractivity contribution in [2.45, 2.75) is 19.3 Å². The number of nitrogens with zero attached hydrogens (tertiary/aromatic N) is 3. The molecule has 218 valence electrons. The predicted molar refractivity (Wildman–Crippen MR) is 190 cm³/mol. The normalized spacial score (nSPS) is 13.2. The maximum Gasteiger partial charge on any atom is 0.235 e. The fourth-order valence-corrected chi connectivity index (χ4v) is 7.30. The molecular weight excluding hydrogens is 558 g/mol. The maximum absolute atomic E-state index is 5.18. The Hall–Kier alpha value is -5.80. The van der Waals surface area contributed by atoms with Gasteiger partial charge in [0, 0.05) is 27.3 Å². The highest BCUT2D eigenvalue weighted by Crippen LogP contribution is 2.49. The van der Waals surface area contributed by atoms with Crippen LogP contribution in [-0.2, 0) is 5.41 Å². The molecule has 0 aliphatic heterocycles. The van der Waals surface area contributed by atoms with Gasteiger partial charge < -0.3 is 0 Å². The van der Waals surface area contributed by atoms with E-state index in [2.05, 4.69) is 158 Å². The fraction of sp³-hybridized carbons (Fsp3) is 0.0698. The van der Waals surface area contributed by atoms with Gasteiger partial charge >= 0.3 is 0 Å². The summed E-state index contributed by atoms with van der Waals surface area (Å²) in [5.74, 6) is 0.663. The Balaban J connectivity index is 1.24. The number of rotatable bonds is 4. The second-order valence-electron chi connectivity index (χ2n) is 12.7. The molecular formula is C43H31N3. The third kappa shape index (κ3) is 4.05. The van der Waals surface area contributed by atoms with Crippen LogP contribution >= 0.6 is 0 Å². The quantitative estimate of drug-likeness (QED) is 0.204. The first-order valence-electron chi connectivity index (χ1n) is 15.8. The molecule has 9 rings (SSSR count). The lowest BCUT2D eigenvalue weighted by molar-refractivity contribution is 0.660. The van der Waals surface area contributed by atoms with Crippen LogP contribution < -0.4 is 0 Å². The van der Waals surface area contributed by atoms with E-state index in [1.165, 1.54) is 44.2 Å². The van der Waals surface area contributed by atoms with Crippen molar-refractivity contribution in [1.82, 2.24) is 14.5 Å². The zero-order valence-electron chi connectivity index (χ0n) is 25.8. The van der Waals surface area contributed by atoms with Gasteiger partial charge in [0.2, 0.25) is 5.95 Å². The number of aromatic nitrogens is 3. The number of para-hydroxylation sites is 1. The molecule has 0 atom stereocenters. The molecule has 0 saturated carbocycles. The molecule has 0 unspecified atom stereocenters. The summed E-state index contributed by atoms with van der Waals surface area (Å²) in [7, 11) is 0. The van der Waals surface area contributed by atoms with E-state index in [1.807, 2.05) is 12.1 Å². The fourth-order valence-electron chi connectivity index (χ4n) is 7.30. The molecule has 2 aromatic heterocycles. The molecule has 1 aliphatic carbocycles. The van der Waals surface area contributed by atoms with Crippen molar-refractivity contribution in [3.8, 4) is 50.7 Å². The van der Waals surface area contributed by atoms with Gasteiger partial charge in [-0.25, -0.2) is 9.97 Å². The van der Waals surface area contributed by atoms with Crippen LogP contribution in [0.25, 0.3) is 72.5 Å². The number of benzene rings is 6. The van der Waals surface area contributed by atoms with E-state index < -0.39 is 0 Å². The van der Waals surface area contributed by atoms with Crippen LogP contribution in [0, 0.1) is 0 Å². The Kier molecular flexibility index (Phi) is 5.85. The SMILES string of the molecule is CC1(C)c2ccccc2-c2ccc(-c3ccc4c(c3)c3ccccc3n4-c3nc(-c4ccccc4)cc(-c4ccccc4)n3)cc21. The van der Waals surface area contributed by atoms with E-state index in [-0.39, 0.29) is 5.41 Å². The molecule has 8 aromatic rings. The summed E-state index contributed by atoms with van der Waals surface area (Å²) in [6, 6.07) is 54.0. The van der Waals surface area contributed by atoms with Gasteiger partial charge in [0.15, 0.2) is 0 Å². The third-order valence-electron chi connectivity index (χ3n) is 9.64. The van der Waals surface area contributed by atoms with Crippen molar-refractivity contribution in [3.05, 3.63) is 163 Å². The lowest BCUT2D eigenvalue weighted by Crippen LogP contribution is -2.14. The first-order chi connectivity index (χ1) is 22.6. The van der Waals surface area contributed by atoms with Gasteiger partial charge in [0.25, 0.3) is 0 Å².